The molecule has 2 aromatic rings. The summed E-state index contributed by atoms with van der Waals surface area (Å²) in [6.45, 7) is 5.79. The topological polar surface area (TPSA) is 44.3 Å². The number of aryl methyl sites for hydroxylation is 1. The molecule has 138 valence electrons. The van der Waals surface area contributed by atoms with Gasteiger partial charge in [0.1, 0.15) is 0 Å². The lowest BCUT2D eigenvalue weighted by Gasteiger charge is -2.38. The highest BCUT2D eigenvalue weighted by molar-refractivity contribution is 7.80. The number of piperazine rings is 1. The second-order valence-corrected chi connectivity index (χ2v) is 7.77. The van der Waals surface area contributed by atoms with E-state index in [1.165, 1.54) is 32.1 Å². The molecule has 5 nitrogen and oxygen atoms in total. The molecule has 2 fully saturated rings. The molecule has 1 saturated heterocycles. The van der Waals surface area contributed by atoms with E-state index >= 15 is 0 Å². The monoisotopic (exact) mass is 369 g/mol. The van der Waals surface area contributed by atoms with E-state index in [9.17, 15) is 0 Å². The van der Waals surface area contributed by atoms with Crippen LogP contribution in [-0.2, 0) is 0 Å². The van der Waals surface area contributed by atoms with E-state index in [1.54, 1.807) is 0 Å². The first-order valence-corrected chi connectivity index (χ1v) is 10.2. The summed E-state index contributed by atoms with van der Waals surface area (Å²) in [5.74, 6) is 1.01. The lowest BCUT2D eigenvalue weighted by atomic mass is 9.96. The highest BCUT2D eigenvalue weighted by Gasteiger charge is 2.23. The molecule has 2 aliphatic rings. The molecule has 2 heterocycles. The summed E-state index contributed by atoms with van der Waals surface area (Å²) in [5.41, 5.74) is 2.93. The van der Waals surface area contributed by atoms with Crippen molar-refractivity contribution in [3.05, 3.63) is 30.0 Å². The maximum atomic E-state index is 5.67. The van der Waals surface area contributed by atoms with Crippen LogP contribution in [-0.4, -0.2) is 52.2 Å². The van der Waals surface area contributed by atoms with Gasteiger partial charge in [-0.05, 0) is 44.1 Å². The molecule has 1 aliphatic heterocycles. The van der Waals surface area contributed by atoms with E-state index in [0.29, 0.717) is 6.04 Å². The van der Waals surface area contributed by atoms with Crippen molar-refractivity contribution >= 4 is 34.2 Å². The molecule has 6 heteroatoms. The predicted octanol–water partition coefficient (Wildman–Crippen LogP) is 3.27. The van der Waals surface area contributed by atoms with E-state index in [-0.39, 0.29) is 0 Å². The number of nitrogens with zero attached hydrogens (tertiary/aromatic N) is 4. The van der Waals surface area contributed by atoms with Crippen LogP contribution in [0, 0.1) is 6.92 Å². The molecular weight excluding hydrogens is 342 g/mol. The summed E-state index contributed by atoms with van der Waals surface area (Å²) in [5, 5.41) is 4.52. The van der Waals surface area contributed by atoms with Crippen molar-refractivity contribution in [3.63, 3.8) is 0 Å². The number of nitrogens with one attached hydrogen (secondary N) is 1. The van der Waals surface area contributed by atoms with Gasteiger partial charge in [0, 0.05) is 32.2 Å². The maximum absolute atomic E-state index is 5.67. The van der Waals surface area contributed by atoms with Gasteiger partial charge in [0.2, 0.25) is 0 Å². The summed E-state index contributed by atoms with van der Waals surface area (Å²) >= 11 is 5.67. The van der Waals surface area contributed by atoms with E-state index in [0.717, 1.165) is 53.8 Å². The van der Waals surface area contributed by atoms with Gasteiger partial charge >= 0.3 is 0 Å². The molecule has 26 heavy (non-hydrogen) atoms. The van der Waals surface area contributed by atoms with Gasteiger partial charge in [-0.3, -0.25) is 0 Å². The van der Waals surface area contributed by atoms with E-state index < -0.39 is 0 Å². The molecule has 1 aromatic carbocycles. The molecule has 1 aromatic heterocycles. The first kappa shape index (κ1) is 17.5. The van der Waals surface area contributed by atoms with Crippen LogP contribution in [0.3, 0.4) is 0 Å². The van der Waals surface area contributed by atoms with Crippen LogP contribution in [0.25, 0.3) is 11.0 Å². The Morgan fingerprint density at radius 3 is 2.35 bits per heavy atom. The molecule has 0 amide bonds. The van der Waals surface area contributed by atoms with Gasteiger partial charge in [0.15, 0.2) is 10.9 Å². The number of thiocarbonyl (C=S) groups is 1. The fraction of sp³-hybridized carbons (Fsp3) is 0.550. The second kappa shape index (κ2) is 7.74. The van der Waals surface area contributed by atoms with Crippen molar-refractivity contribution in [2.24, 2.45) is 0 Å². The average molecular weight is 370 g/mol. The van der Waals surface area contributed by atoms with Crippen molar-refractivity contribution in [2.75, 3.05) is 31.1 Å². The quantitative estimate of drug-likeness (QED) is 0.820. The molecule has 0 spiro atoms. The van der Waals surface area contributed by atoms with Crippen molar-refractivity contribution < 1.29 is 0 Å². The number of hydrogen-bond acceptors (Lipinski definition) is 4. The molecule has 1 N–H and O–H groups in total. The van der Waals surface area contributed by atoms with Crippen LogP contribution < -0.4 is 10.2 Å². The molecule has 0 radical (unpaired) electrons. The normalized spacial score (nSPS) is 19.0. The summed E-state index contributed by atoms with van der Waals surface area (Å²) in [4.78, 5) is 14.2. The standard InChI is InChI=1S/C20H27N5S/c1-15-19(23-18-10-6-5-9-17(18)21-15)24-11-13-25(14-12-24)20(26)22-16-7-3-2-4-8-16/h5-6,9-10,16H,2-4,7-8,11-14H2,1H3,(H,22,26). The first-order valence-electron chi connectivity index (χ1n) is 9.74. The fourth-order valence-electron chi connectivity index (χ4n) is 4.01. The Morgan fingerprint density at radius 2 is 1.65 bits per heavy atom. The molecule has 0 unspecified atom stereocenters. The van der Waals surface area contributed by atoms with Crippen LogP contribution >= 0.6 is 12.2 Å². The predicted molar refractivity (Wildman–Crippen MR) is 111 cm³/mol. The number of hydrogen-bond donors (Lipinski definition) is 1. The zero-order chi connectivity index (χ0) is 17.9. The van der Waals surface area contributed by atoms with Crippen molar-refractivity contribution in [2.45, 2.75) is 45.1 Å². The zero-order valence-corrected chi connectivity index (χ0v) is 16.3. The summed E-state index contributed by atoms with van der Waals surface area (Å²) in [6, 6.07) is 8.65. The zero-order valence-electron chi connectivity index (χ0n) is 15.4. The van der Waals surface area contributed by atoms with Crippen molar-refractivity contribution in [3.8, 4) is 0 Å². The first-order chi connectivity index (χ1) is 12.7. The van der Waals surface area contributed by atoms with Crippen LogP contribution in [0.5, 0.6) is 0 Å². The van der Waals surface area contributed by atoms with E-state index in [4.69, 9.17) is 22.2 Å². The highest BCUT2D eigenvalue weighted by Crippen LogP contribution is 2.22. The summed E-state index contributed by atoms with van der Waals surface area (Å²) < 4.78 is 0. The van der Waals surface area contributed by atoms with Gasteiger partial charge < -0.3 is 15.1 Å². The Bertz CT molecular complexity index is 779. The van der Waals surface area contributed by atoms with Crippen LogP contribution in [0.2, 0.25) is 0 Å². The Morgan fingerprint density at radius 1 is 1.00 bits per heavy atom. The maximum Gasteiger partial charge on any atom is 0.169 e. The van der Waals surface area contributed by atoms with Crippen LogP contribution in [0.4, 0.5) is 5.82 Å². The lowest BCUT2D eigenvalue weighted by molar-refractivity contribution is 0.354. The number of para-hydroxylation sites is 2. The van der Waals surface area contributed by atoms with Gasteiger partial charge in [0.05, 0.1) is 16.7 Å². The van der Waals surface area contributed by atoms with Gasteiger partial charge in [-0.2, -0.15) is 0 Å². The minimum absolute atomic E-state index is 0.572. The third kappa shape index (κ3) is 3.75. The SMILES string of the molecule is Cc1nc2ccccc2nc1N1CCN(C(=S)NC2CCCCC2)CC1. The Hall–Kier alpha value is -1.95. The van der Waals surface area contributed by atoms with E-state index in [1.807, 2.05) is 24.3 Å². The molecular formula is C20H27N5S. The van der Waals surface area contributed by atoms with Gasteiger partial charge in [-0.15, -0.1) is 0 Å². The molecule has 0 atom stereocenters. The Kier molecular flexibility index (Phi) is 5.20. The molecule has 0 bridgehead atoms. The summed E-state index contributed by atoms with van der Waals surface area (Å²) in [7, 11) is 0. The smallest absolute Gasteiger partial charge is 0.169 e. The third-order valence-corrected chi connectivity index (χ3v) is 5.90. The fourth-order valence-corrected chi connectivity index (χ4v) is 4.36. The molecule has 1 saturated carbocycles. The van der Waals surface area contributed by atoms with Crippen LogP contribution in [0.15, 0.2) is 24.3 Å². The Balaban J connectivity index is 1.38. The minimum atomic E-state index is 0.572. The average Bonchev–Trinajstić information content (AvgIpc) is 2.68. The minimum Gasteiger partial charge on any atom is -0.360 e. The lowest BCUT2D eigenvalue weighted by Crippen LogP contribution is -2.53. The van der Waals surface area contributed by atoms with Crippen LogP contribution in [0.1, 0.15) is 37.8 Å². The molecule has 1 aliphatic carbocycles. The van der Waals surface area contributed by atoms with Crippen molar-refractivity contribution in [1.82, 2.24) is 20.2 Å². The van der Waals surface area contributed by atoms with Gasteiger partial charge in [0.25, 0.3) is 0 Å². The number of fused-ring (bicyclic) bond motifs is 1. The summed E-state index contributed by atoms with van der Waals surface area (Å²) in [6.07, 6.45) is 6.54. The Labute approximate surface area is 160 Å². The van der Waals surface area contributed by atoms with Gasteiger partial charge in [-0.1, -0.05) is 31.4 Å². The third-order valence-electron chi connectivity index (χ3n) is 5.52. The van der Waals surface area contributed by atoms with E-state index in [2.05, 4.69) is 22.0 Å². The van der Waals surface area contributed by atoms with Crippen molar-refractivity contribution in [1.29, 1.82) is 0 Å². The number of rotatable bonds is 2. The largest absolute Gasteiger partial charge is 0.360 e. The number of anilines is 1. The number of benzene rings is 1. The second-order valence-electron chi connectivity index (χ2n) is 7.38. The highest BCUT2D eigenvalue weighted by atomic mass is 32.1. The number of aromatic nitrogens is 2. The van der Waals surface area contributed by atoms with Gasteiger partial charge in [-0.25, -0.2) is 9.97 Å². The molecule has 4 rings (SSSR count).